The fourth-order valence-corrected chi connectivity index (χ4v) is 3.79. The van der Waals surface area contributed by atoms with E-state index in [1.165, 1.54) is 12.7 Å². The molecule has 0 bridgehead atoms. The zero-order valence-electron chi connectivity index (χ0n) is 14.7. The SMILES string of the molecule is O=C(c1cocn1)N1CC2(C[C@@H](CCOCc3ccncc3)CCO2)C1. The van der Waals surface area contributed by atoms with Crippen molar-refractivity contribution in [1.29, 1.82) is 0 Å². The smallest absolute Gasteiger partial charge is 0.276 e. The maximum atomic E-state index is 12.3. The predicted molar refractivity (Wildman–Crippen MR) is 92.3 cm³/mol. The Kier molecular flexibility index (Phi) is 4.99. The van der Waals surface area contributed by atoms with Crippen molar-refractivity contribution >= 4 is 5.91 Å². The summed E-state index contributed by atoms with van der Waals surface area (Å²) in [6.07, 6.45) is 9.28. The first-order chi connectivity index (χ1) is 12.7. The summed E-state index contributed by atoms with van der Waals surface area (Å²) in [6.45, 7) is 3.38. The molecule has 0 aromatic carbocycles. The summed E-state index contributed by atoms with van der Waals surface area (Å²) in [6, 6.07) is 3.94. The van der Waals surface area contributed by atoms with E-state index >= 15 is 0 Å². The summed E-state index contributed by atoms with van der Waals surface area (Å²) in [5.74, 6) is 0.487. The van der Waals surface area contributed by atoms with Crippen LogP contribution < -0.4 is 0 Å². The van der Waals surface area contributed by atoms with Gasteiger partial charge in [0.25, 0.3) is 5.91 Å². The average Bonchev–Trinajstić information content (AvgIpc) is 3.18. The number of carbonyl (C=O) groups is 1. The highest BCUT2D eigenvalue weighted by Gasteiger charge is 2.49. The van der Waals surface area contributed by atoms with Gasteiger partial charge in [0.1, 0.15) is 11.9 Å². The molecule has 1 spiro atoms. The van der Waals surface area contributed by atoms with E-state index in [9.17, 15) is 4.79 Å². The molecule has 0 unspecified atom stereocenters. The Bertz CT molecular complexity index is 714. The van der Waals surface area contributed by atoms with Crippen molar-refractivity contribution in [2.24, 2.45) is 5.92 Å². The Morgan fingerprint density at radius 2 is 2.19 bits per heavy atom. The number of hydrogen-bond acceptors (Lipinski definition) is 6. The predicted octanol–water partition coefficient (Wildman–Crippen LogP) is 2.30. The Morgan fingerprint density at radius 3 is 2.96 bits per heavy atom. The molecule has 0 aliphatic carbocycles. The molecule has 2 aliphatic heterocycles. The number of amides is 1. The van der Waals surface area contributed by atoms with Gasteiger partial charge in [-0.1, -0.05) is 0 Å². The van der Waals surface area contributed by atoms with E-state index in [0.717, 1.165) is 38.0 Å². The Labute approximate surface area is 152 Å². The van der Waals surface area contributed by atoms with Crippen molar-refractivity contribution in [2.45, 2.75) is 31.5 Å². The van der Waals surface area contributed by atoms with E-state index in [4.69, 9.17) is 13.9 Å². The van der Waals surface area contributed by atoms with Crippen LogP contribution in [0.4, 0.5) is 0 Å². The Balaban J connectivity index is 1.21. The third kappa shape index (κ3) is 3.78. The number of oxazole rings is 1. The van der Waals surface area contributed by atoms with Crippen molar-refractivity contribution in [1.82, 2.24) is 14.9 Å². The lowest BCUT2D eigenvalue weighted by Crippen LogP contribution is -2.66. The summed E-state index contributed by atoms with van der Waals surface area (Å²) in [4.78, 5) is 22.0. The first-order valence-corrected chi connectivity index (χ1v) is 9.02. The van der Waals surface area contributed by atoms with Gasteiger partial charge in [-0.3, -0.25) is 9.78 Å². The third-order valence-corrected chi connectivity index (χ3v) is 5.18. The van der Waals surface area contributed by atoms with Gasteiger partial charge in [0.15, 0.2) is 12.1 Å². The standard InChI is InChI=1S/C19H23N3O4/c23-18(17-11-25-14-21-17)22-12-19(13-22)9-15(4-8-26-19)3-7-24-10-16-1-5-20-6-2-16/h1-2,5-6,11,14-15H,3-4,7-10,12-13H2/t15-/m0/s1. The van der Waals surface area contributed by atoms with E-state index in [-0.39, 0.29) is 11.5 Å². The zero-order chi connectivity index (χ0) is 17.8. The topological polar surface area (TPSA) is 77.7 Å². The highest BCUT2D eigenvalue weighted by molar-refractivity contribution is 5.92. The van der Waals surface area contributed by atoms with Gasteiger partial charge in [-0.05, 0) is 42.9 Å². The van der Waals surface area contributed by atoms with Crippen LogP contribution in [0.2, 0.25) is 0 Å². The molecule has 1 atom stereocenters. The molecule has 2 aromatic heterocycles. The third-order valence-electron chi connectivity index (χ3n) is 5.18. The highest BCUT2D eigenvalue weighted by Crippen LogP contribution is 2.38. The van der Waals surface area contributed by atoms with Crippen LogP contribution in [0.25, 0.3) is 0 Å². The van der Waals surface area contributed by atoms with Crippen LogP contribution in [0.1, 0.15) is 35.3 Å². The fraction of sp³-hybridized carbons (Fsp3) is 0.526. The number of ether oxygens (including phenoxy) is 2. The summed E-state index contributed by atoms with van der Waals surface area (Å²) >= 11 is 0. The largest absolute Gasteiger partial charge is 0.451 e. The number of carbonyl (C=O) groups excluding carboxylic acids is 1. The molecule has 7 nitrogen and oxygen atoms in total. The van der Waals surface area contributed by atoms with E-state index in [1.807, 2.05) is 12.1 Å². The lowest BCUT2D eigenvalue weighted by molar-refractivity contribution is -0.167. The molecule has 2 saturated heterocycles. The van der Waals surface area contributed by atoms with Gasteiger partial charge in [0.05, 0.1) is 19.7 Å². The molecule has 4 rings (SSSR count). The van der Waals surface area contributed by atoms with Crippen molar-refractivity contribution in [3.63, 3.8) is 0 Å². The van der Waals surface area contributed by atoms with Gasteiger partial charge in [-0.2, -0.15) is 0 Å². The molecule has 0 N–H and O–H groups in total. The summed E-state index contributed by atoms with van der Waals surface area (Å²) in [5, 5.41) is 0. The van der Waals surface area contributed by atoms with Crippen LogP contribution in [0.5, 0.6) is 0 Å². The molecule has 2 aromatic rings. The fourth-order valence-electron chi connectivity index (χ4n) is 3.79. The van der Waals surface area contributed by atoms with Crippen molar-refractivity contribution < 1.29 is 18.7 Å². The first-order valence-electron chi connectivity index (χ1n) is 9.02. The van der Waals surface area contributed by atoms with E-state index in [2.05, 4.69) is 9.97 Å². The molecule has 0 saturated carbocycles. The van der Waals surface area contributed by atoms with Crippen LogP contribution in [-0.2, 0) is 16.1 Å². The monoisotopic (exact) mass is 357 g/mol. The summed E-state index contributed by atoms with van der Waals surface area (Å²) in [5.41, 5.74) is 1.31. The molecule has 2 fully saturated rings. The number of likely N-dealkylation sites (tertiary alicyclic amines) is 1. The lowest BCUT2D eigenvalue weighted by atomic mass is 9.79. The van der Waals surface area contributed by atoms with Crippen molar-refractivity contribution in [2.75, 3.05) is 26.3 Å². The summed E-state index contributed by atoms with van der Waals surface area (Å²) in [7, 11) is 0. The number of aromatic nitrogens is 2. The summed E-state index contributed by atoms with van der Waals surface area (Å²) < 4.78 is 16.7. The highest BCUT2D eigenvalue weighted by atomic mass is 16.5. The number of nitrogens with zero attached hydrogens (tertiary/aromatic N) is 3. The molecule has 26 heavy (non-hydrogen) atoms. The molecule has 0 radical (unpaired) electrons. The van der Waals surface area contributed by atoms with Gasteiger partial charge in [-0.25, -0.2) is 4.98 Å². The van der Waals surface area contributed by atoms with E-state index in [0.29, 0.717) is 31.3 Å². The first kappa shape index (κ1) is 17.2. The van der Waals surface area contributed by atoms with Gasteiger partial charge in [0.2, 0.25) is 0 Å². The van der Waals surface area contributed by atoms with E-state index < -0.39 is 0 Å². The molecule has 2 aliphatic rings. The molecule has 138 valence electrons. The average molecular weight is 357 g/mol. The minimum absolute atomic E-state index is 0.0872. The lowest BCUT2D eigenvalue weighted by Gasteiger charge is -2.53. The molecule has 7 heteroatoms. The van der Waals surface area contributed by atoms with E-state index in [1.54, 1.807) is 17.3 Å². The van der Waals surface area contributed by atoms with Crippen LogP contribution in [0.3, 0.4) is 0 Å². The maximum Gasteiger partial charge on any atom is 0.276 e. The van der Waals surface area contributed by atoms with Gasteiger partial charge in [-0.15, -0.1) is 0 Å². The number of rotatable bonds is 6. The Morgan fingerprint density at radius 1 is 1.35 bits per heavy atom. The molecule has 1 amide bonds. The van der Waals surface area contributed by atoms with Crippen molar-refractivity contribution in [3.8, 4) is 0 Å². The quantitative estimate of drug-likeness (QED) is 0.738. The normalized spacial score (nSPS) is 21.5. The number of pyridine rings is 1. The van der Waals surface area contributed by atoms with Gasteiger partial charge >= 0.3 is 0 Å². The molecule has 4 heterocycles. The second-order valence-corrected chi connectivity index (χ2v) is 7.12. The van der Waals surface area contributed by atoms with Crippen LogP contribution in [0, 0.1) is 5.92 Å². The minimum Gasteiger partial charge on any atom is -0.451 e. The zero-order valence-corrected chi connectivity index (χ0v) is 14.7. The molecular weight excluding hydrogens is 334 g/mol. The molecular formula is C19H23N3O4. The van der Waals surface area contributed by atoms with Gasteiger partial charge in [0, 0.05) is 25.6 Å². The van der Waals surface area contributed by atoms with Crippen LogP contribution in [0.15, 0.2) is 41.6 Å². The minimum atomic E-state index is -0.187. The van der Waals surface area contributed by atoms with Crippen molar-refractivity contribution in [3.05, 3.63) is 48.4 Å². The van der Waals surface area contributed by atoms with Gasteiger partial charge < -0.3 is 18.8 Å². The number of hydrogen-bond donors (Lipinski definition) is 0. The second-order valence-electron chi connectivity index (χ2n) is 7.12. The maximum absolute atomic E-state index is 12.3. The second kappa shape index (κ2) is 7.55. The Hall–Kier alpha value is -2.25. The van der Waals surface area contributed by atoms with Crippen LogP contribution >= 0.6 is 0 Å². The van der Waals surface area contributed by atoms with Crippen LogP contribution in [-0.4, -0.2) is 52.7 Å².